The molecular weight excluding hydrogens is 310 g/mol. The summed E-state index contributed by atoms with van der Waals surface area (Å²) in [6.07, 6.45) is 3.49. The Labute approximate surface area is 161 Å². The first-order valence-corrected chi connectivity index (χ1v) is 10.2. The SMILES string of the molecule is CC.CC.CC.CC.CC/C(=C/N)N(C)CC.CCC(C)(C)C(N)=O. The van der Waals surface area contributed by atoms with Crippen LogP contribution >= 0.6 is 0 Å². The first kappa shape index (κ1) is 39.1. The van der Waals surface area contributed by atoms with Crippen LogP contribution in [0.2, 0.25) is 0 Å². The Morgan fingerprint density at radius 3 is 1.28 bits per heavy atom. The van der Waals surface area contributed by atoms with Crippen LogP contribution in [0.4, 0.5) is 0 Å². The van der Waals surface area contributed by atoms with Crippen molar-refractivity contribution >= 4 is 5.91 Å². The van der Waals surface area contributed by atoms with Crippen molar-refractivity contribution in [1.29, 1.82) is 0 Å². The van der Waals surface area contributed by atoms with Crippen molar-refractivity contribution in [3.05, 3.63) is 11.9 Å². The van der Waals surface area contributed by atoms with Gasteiger partial charge in [-0.25, -0.2) is 0 Å². The molecule has 0 aromatic carbocycles. The van der Waals surface area contributed by atoms with E-state index in [-0.39, 0.29) is 11.3 Å². The third-order valence-electron chi connectivity index (χ3n) is 3.07. The fourth-order valence-corrected chi connectivity index (χ4v) is 0.892. The van der Waals surface area contributed by atoms with E-state index in [0.29, 0.717) is 0 Å². The van der Waals surface area contributed by atoms with Crippen molar-refractivity contribution in [3.8, 4) is 0 Å². The Bertz CT molecular complexity index is 250. The lowest BCUT2D eigenvalue weighted by Gasteiger charge is -2.18. The lowest BCUT2D eigenvalue weighted by atomic mass is 9.90. The highest BCUT2D eigenvalue weighted by atomic mass is 16.1. The van der Waals surface area contributed by atoms with Crippen LogP contribution in [0.1, 0.15) is 103 Å². The quantitative estimate of drug-likeness (QED) is 0.614. The summed E-state index contributed by atoms with van der Waals surface area (Å²) in [4.78, 5) is 12.6. The van der Waals surface area contributed by atoms with Gasteiger partial charge in [0.1, 0.15) is 0 Å². The summed E-state index contributed by atoms with van der Waals surface area (Å²) >= 11 is 0. The predicted molar refractivity (Wildman–Crippen MR) is 120 cm³/mol. The monoisotopic (exact) mass is 363 g/mol. The van der Waals surface area contributed by atoms with Gasteiger partial charge in [-0.3, -0.25) is 4.79 Å². The Morgan fingerprint density at radius 1 is 0.920 bits per heavy atom. The summed E-state index contributed by atoms with van der Waals surface area (Å²) < 4.78 is 0. The van der Waals surface area contributed by atoms with E-state index in [4.69, 9.17) is 11.5 Å². The van der Waals surface area contributed by atoms with Crippen molar-refractivity contribution in [2.24, 2.45) is 16.9 Å². The number of primary amides is 1. The van der Waals surface area contributed by atoms with Crippen molar-refractivity contribution in [1.82, 2.24) is 4.90 Å². The first-order valence-electron chi connectivity index (χ1n) is 10.2. The third-order valence-corrected chi connectivity index (χ3v) is 3.07. The van der Waals surface area contributed by atoms with Gasteiger partial charge in [0.25, 0.3) is 0 Å². The van der Waals surface area contributed by atoms with Crippen molar-refractivity contribution in [3.63, 3.8) is 0 Å². The molecule has 0 atom stereocenters. The number of carbonyl (C=O) groups is 1. The minimum atomic E-state index is -0.319. The van der Waals surface area contributed by atoms with Crippen LogP contribution in [0.25, 0.3) is 0 Å². The van der Waals surface area contributed by atoms with Gasteiger partial charge in [-0.15, -0.1) is 0 Å². The summed E-state index contributed by atoms with van der Waals surface area (Å²) in [5.74, 6) is -0.222. The average Bonchev–Trinajstić information content (AvgIpc) is 2.69. The van der Waals surface area contributed by atoms with Crippen molar-refractivity contribution in [2.45, 2.75) is 103 Å². The number of nitrogens with zero attached hydrogens (tertiary/aromatic N) is 1. The lowest BCUT2D eigenvalue weighted by molar-refractivity contribution is -0.126. The van der Waals surface area contributed by atoms with Gasteiger partial charge in [-0.05, 0) is 19.8 Å². The molecule has 25 heavy (non-hydrogen) atoms. The molecule has 0 heterocycles. The Kier molecular flexibility index (Phi) is 53.4. The van der Waals surface area contributed by atoms with Crippen LogP contribution in [-0.4, -0.2) is 24.4 Å². The second kappa shape index (κ2) is 34.2. The summed E-state index contributed by atoms with van der Waals surface area (Å²) in [5, 5.41) is 0. The molecule has 0 unspecified atom stereocenters. The van der Waals surface area contributed by atoms with Gasteiger partial charge in [0.15, 0.2) is 0 Å². The zero-order valence-corrected chi connectivity index (χ0v) is 20.2. The molecule has 0 aromatic rings. The molecule has 0 spiro atoms. The summed E-state index contributed by atoms with van der Waals surface area (Å²) in [6, 6.07) is 0. The second-order valence-electron chi connectivity index (χ2n) is 4.63. The molecule has 0 saturated heterocycles. The summed E-state index contributed by atoms with van der Waals surface area (Å²) in [6.45, 7) is 26.9. The van der Waals surface area contributed by atoms with E-state index >= 15 is 0 Å². The molecule has 4 nitrogen and oxygen atoms in total. The van der Waals surface area contributed by atoms with Gasteiger partial charge in [0, 0.05) is 30.9 Å². The van der Waals surface area contributed by atoms with Gasteiger partial charge < -0.3 is 16.4 Å². The number of rotatable bonds is 5. The van der Waals surface area contributed by atoms with E-state index in [1.807, 2.05) is 83.2 Å². The molecule has 0 fully saturated rings. The van der Waals surface area contributed by atoms with E-state index in [0.717, 1.165) is 19.4 Å². The number of carbonyl (C=O) groups excluding carboxylic acids is 1. The fraction of sp³-hybridized carbons (Fsp3) is 0.857. The number of allylic oxidation sites excluding steroid dienone is 1. The molecule has 0 radical (unpaired) electrons. The fourth-order valence-electron chi connectivity index (χ4n) is 0.892. The maximum Gasteiger partial charge on any atom is 0.223 e. The van der Waals surface area contributed by atoms with Gasteiger partial charge in [0.2, 0.25) is 5.91 Å². The second-order valence-corrected chi connectivity index (χ2v) is 4.63. The molecule has 0 aliphatic carbocycles. The Morgan fingerprint density at radius 2 is 1.24 bits per heavy atom. The molecule has 0 saturated carbocycles. The zero-order valence-electron chi connectivity index (χ0n) is 20.2. The van der Waals surface area contributed by atoms with Crippen LogP contribution in [0.15, 0.2) is 11.9 Å². The van der Waals surface area contributed by atoms with Crippen LogP contribution in [-0.2, 0) is 4.79 Å². The topological polar surface area (TPSA) is 72.3 Å². The number of nitrogens with two attached hydrogens (primary N) is 2. The molecule has 158 valence electrons. The minimum Gasteiger partial charge on any atom is -0.403 e. The molecule has 4 N–H and O–H groups in total. The van der Waals surface area contributed by atoms with Gasteiger partial charge in [0.05, 0.1) is 0 Å². The van der Waals surface area contributed by atoms with Crippen LogP contribution in [0, 0.1) is 5.41 Å². The van der Waals surface area contributed by atoms with Crippen LogP contribution < -0.4 is 11.5 Å². The van der Waals surface area contributed by atoms with Crippen LogP contribution in [0.5, 0.6) is 0 Å². The highest BCUT2D eigenvalue weighted by Crippen LogP contribution is 2.17. The molecule has 0 aromatic heterocycles. The predicted octanol–water partition coefficient (Wildman–Crippen LogP) is 6.16. The summed E-state index contributed by atoms with van der Waals surface area (Å²) in [7, 11) is 2.04. The summed E-state index contributed by atoms with van der Waals surface area (Å²) in [5.41, 5.74) is 11.3. The number of amides is 1. The van der Waals surface area contributed by atoms with E-state index in [1.165, 1.54) is 5.70 Å². The van der Waals surface area contributed by atoms with E-state index in [9.17, 15) is 4.79 Å². The standard InChI is InChI=1S/C7H16N2.C6H13NO.4C2H6/c1-4-7(6-8)9(3)5-2;1-4-6(2,3)5(7)8;4*1-2/h6H,4-5,8H2,1-3H3;4H2,1-3H3,(H2,7,8);4*1-2H3/b7-6-;;;;;. The highest BCUT2D eigenvalue weighted by Gasteiger charge is 2.21. The average molecular weight is 364 g/mol. The number of hydrogen-bond acceptors (Lipinski definition) is 3. The Balaban J connectivity index is -0.0000000516. The van der Waals surface area contributed by atoms with Crippen LogP contribution in [0.3, 0.4) is 0 Å². The molecule has 1 amide bonds. The molecule has 4 heteroatoms. The van der Waals surface area contributed by atoms with E-state index < -0.39 is 0 Å². The smallest absolute Gasteiger partial charge is 0.223 e. The molecule has 0 rings (SSSR count). The van der Waals surface area contributed by atoms with E-state index in [2.05, 4.69) is 18.7 Å². The largest absolute Gasteiger partial charge is 0.403 e. The maximum atomic E-state index is 10.5. The normalized spacial score (nSPS) is 8.80. The zero-order chi connectivity index (χ0) is 22.1. The number of hydrogen-bond donors (Lipinski definition) is 2. The molecular formula is C21H53N3O. The van der Waals surface area contributed by atoms with Crippen molar-refractivity contribution in [2.75, 3.05) is 13.6 Å². The van der Waals surface area contributed by atoms with Crippen molar-refractivity contribution < 1.29 is 4.79 Å². The maximum absolute atomic E-state index is 10.5. The molecule has 0 aliphatic rings. The highest BCUT2D eigenvalue weighted by molar-refractivity contribution is 5.79. The van der Waals surface area contributed by atoms with Gasteiger partial charge in [-0.2, -0.15) is 0 Å². The van der Waals surface area contributed by atoms with E-state index in [1.54, 1.807) is 6.20 Å². The third kappa shape index (κ3) is 31.1. The molecule has 0 bridgehead atoms. The molecule has 0 aliphatic heterocycles. The van der Waals surface area contributed by atoms with Gasteiger partial charge >= 0.3 is 0 Å². The Hall–Kier alpha value is -1.19. The first-order chi connectivity index (χ1) is 11.8. The minimum absolute atomic E-state index is 0.222. The van der Waals surface area contributed by atoms with Gasteiger partial charge in [-0.1, -0.05) is 83.1 Å². The lowest BCUT2D eigenvalue weighted by Crippen LogP contribution is -2.30.